The molecular weight excluding hydrogens is 334 g/mol. The number of pyridine rings is 1. The van der Waals surface area contributed by atoms with E-state index in [2.05, 4.69) is 52.5 Å². The number of hydrogen-bond acceptors (Lipinski definition) is 2. The number of carbonyl (C=O) groups is 1. The largest absolute Gasteiger partial charge is 0.353 e. The number of hydrogen-bond donors (Lipinski definition) is 2. The molecule has 1 unspecified atom stereocenters. The van der Waals surface area contributed by atoms with Crippen molar-refractivity contribution >= 4 is 16.9 Å². The van der Waals surface area contributed by atoms with Crippen molar-refractivity contribution in [3.05, 3.63) is 65.5 Å². The fourth-order valence-corrected chi connectivity index (χ4v) is 4.28. The summed E-state index contributed by atoms with van der Waals surface area (Å²) in [6.45, 7) is 2.10. The van der Waals surface area contributed by atoms with Crippen LogP contribution in [0.1, 0.15) is 61.1 Å². The van der Waals surface area contributed by atoms with E-state index >= 15 is 0 Å². The van der Waals surface area contributed by atoms with Crippen molar-refractivity contribution in [1.29, 1.82) is 0 Å². The normalized spacial score (nSPS) is 16.3. The summed E-state index contributed by atoms with van der Waals surface area (Å²) in [4.78, 5) is 20.6. The SMILES string of the molecule is Cc1cccc(C(CC(=O)NC2CCCCC2)c2c[nH]c3ncccc23)c1. The van der Waals surface area contributed by atoms with E-state index < -0.39 is 0 Å². The molecule has 4 heteroatoms. The van der Waals surface area contributed by atoms with E-state index in [0.29, 0.717) is 12.5 Å². The van der Waals surface area contributed by atoms with Gasteiger partial charge in [-0.3, -0.25) is 4.79 Å². The highest BCUT2D eigenvalue weighted by molar-refractivity contribution is 5.83. The maximum absolute atomic E-state index is 12.9. The number of nitrogens with zero attached hydrogens (tertiary/aromatic N) is 1. The third-order valence-electron chi connectivity index (χ3n) is 5.66. The second kappa shape index (κ2) is 7.95. The van der Waals surface area contributed by atoms with Crippen molar-refractivity contribution in [2.45, 2.75) is 57.4 Å². The lowest BCUT2D eigenvalue weighted by atomic mass is 9.87. The van der Waals surface area contributed by atoms with Crippen molar-refractivity contribution in [2.75, 3.05) is 0 Å². The molecule has 1 aliphatic rings. The highest BCUT2D eigenvalue weighted by Crippen LogP contribution is 2.33. The third-order valence-corrected chi connectivity index (χ3v) is 5.66. The van der Waals surface area contributed by atoms with Gasteiger partial charge < -0.3 is 10.3 Å². The summed E-state index contributed by atoms with van der Waals surface area (Å²) in [5, 5.41) is 4.37. The monoisotopic (exact) mass is 361 g/mol. The summed E-state index contributed by atoms with van der Waals surface area (Å²) < 4.78 is 0. The highest BCUT2D eigenvalue weighted by Gasteiger charge is 2.23. The molecule has 4 rings (SSSR count). The minimum absolute atomic E-state index is 0.0199. The Morgan fingerprint density at radius 1 is 1.22 bits per heavy atom. The molecule has 2 heterocycles. The van der Waals surface area contributed by atoms with Gasteiger partial charge >= 0.3 is 0 Å². The van der Waals surface area contributed by atoms with Gasteiger partial charge in [-0.25, -0.2) is 4.98 Å². The average molecular weight is 361 g/mol. The lowest BCUT2D eigenvalue weighted by Crippen LogP contribution is -2.36. The number of aryl methyl sites for hydroxylation is 1. The van der Waals surface area contributed by atoms with Gasteiger partial charge in [0.15, 0.2) is 0 Å². The molecule has 140 valence electrons. The van der Waals surface area contributed by atoms with Crippen LogP contribution in [0.5, 0.6) is 0 Å². The molecule has 1 amide bonds. The summed E-state index contributed by atoms with van der Waals surface area (Å²) in [7, 11) is 0. The van der Waals surface area contributed by atoms with Crippen molar-refractivity contribution < 1.29 is 4.79 Å². The highest BCUT2D eigenvalue weighted by atomic mass is 16.1. The van der Waals surface area contributed by atoms with Crippen molar-refractivity contribution in [3.63, 3.8) is 0 Å². The molecule has 2 aromatic heterocycles. The number of fused-ring (bicyclic) bond motifs is 1. The van der Waals surface area contributed by atoms with Crippen LogP contribution in [0.2, 0.25) is 0 Å². The topological polar surface area (TPSA) is 57.8 Å². The number of nitrogens with one attached hydrogen (secondary N) is 2. The second-order valence-electron chi connectivity index (χ2n) is 7.72. The number of carbonyl (C=O) groups excluding carboxylic acids is 1. The van der Waals surface area contributed by atoms with Crippen LogP contribution >= 0.6 is 0 Å². The van der Waals surface area contributed by atoms with Gasteiger partial charge in [-0.1, -0.05) is 49.1 Å². The van der Waals surface area contributed by atoms with Crippen molar-refractivity contribution in [1.82, 2.24) is 15.3 Å². The summed E-state index contributed by atoms with van der Waals surface area (Å²) in [6, 6.07) is 12.9. The number of aromatic nitrogens is 2. The summed E-state index contributed by atoms with van der Waals surface area (Å²) >= 11 is 0. The Morgan fingerprint density at radius 2 is 2.07 bits per heavy atom. The average Bonchev–Trinajstić information content (AvgIpc) is 3.11. The zero-order valence-corrected chi connectivity index (χ0v) is 15.9. The van der Waals surface area contributed by atoms with Crippen LogP contribution in [-0.4, -0.2) is 21.9 Å². The molecule has 0 aliphatic heterocycles. The lowest BCUT2D eigenvalue weighted by Gasteiger charge is -2.24. The smallest absolute Gasteiger partial charge is 0.221 e. The van der Waals surface area contributed by atoms with Crippen LogP contribution in [0, 0.1) is 6.92 Å². The van der Waals surface area contributed by atoms with Crippen LogP contribution in [-0.2, 0) is 4.79 Å². The number of H-pyrrole nitrogens is 1. The Labute approximate surface area is 160 Å². The van der Waals surface area contributed by atoms with Gasteiger partial charge in [0, 0.05) is 36.2 Å². The third kappa shape index (κ3) is 4.05. The van der Waals surface area contributed by atoms with Gasteiger partial charge in [0.05, 0.1) is 0 Å². The fraction of sp³-hybridized carbons (Fsp3) is 0.391. The zero-order valence-electron chi connectivity index (χ0n) is 15.9. The predicted octanol–water partition coefficient (Wildman–Crippen LogP) is 4.84. The number of aromatic amines is 1. The first-order valence-electron chi connectivity index (χ1n) is 9.98. The molecular formula is C23H27N3O. The fourth-order valence-electron chi connectivity index (χ4n) is 4.28. The molecule has 27 heavy (non-hydrogen) atoms. The second-order valence-corrected chi connectivity index (χ2v) is 7.72. The number of amides is 1. The number of benzene rings is 1. The molecule has 1 saturated carbocycles. The van der Waals surface area contributed by atoms with E-state index in [-0.39, 0.29) is 11.8 Å². The van der Waals surface area contributed by atoms with Crippen molar-refractivity contribution in [3.8, 4) is 0 Å². The van der Waals surface area contributed by atoms with Gasteiger partial charge in [0.2, 0.25) is 5.91 Å². The Hall–Kier alpha value is -2.62. The molecule has 1 fully saturated rings. The summed E-state index contributed by atoms with van der Waals surface area (Å²) in [5.41, 5.74) is 4.40. The molecule has 3 aromatic rings. The van der Waals surface area contributed by atoms with Crippen LogP contribution in [0.4, 0.5) is 0 Å². The van der Waals surface area contributed by atoms with E-state index in [0.717, 1.165) is 29.4 Å². The Balaban J connectivity index is 1.63. The van der Waals surface area contributed by atoms with Crippen LogP contribution in [0.25, 0.3) is 11.0 Å². The van der Waals surface area contributed by atoms with Gasteiger partial charge in [-0.05, 0) is 43.0 Å². The molecule has 1 atom stereocenters. The minimum atomic E-state index is 0.0199. The first kappa shape index (κ1) is 17.8. The van der Waals surface area contributed by atoms with E-state index in [1.165, 1.54) is 30.4 Å². The summed E-state index contributed by atoms with van der Waals surface area (Å²) in [6.07, 6.45) is 10.2. The van der Waals surface area contributed by atoms with Crippen molar-refractivity contribution in [2.24, 2.45) is 0 Å². The van der Waals surface area contributed by atoms with Crippen LogP contribution in [0.15, 0.2) is 48.8 Å². The van der Waals surface area contributed by atoms with E-state index in [1.54, 1.807) is 6.20 Å². The molecule has 2 N–H and O–H groups in total. The quantitative estimate of drug-likeness (QED) is 0.683. The molecule has 1 aromatic carbocycles. The lowest BCUT2D eigenvalue weighted by molar-refractivity contribution is -0.122. The maximum atomic E-state index is 12.9. The number of rotatable bonds is 5. The zero-order chi connectivity index (χ0) is 18.6. The van der Waals surface area contributed by atoms with Crippen LogP contribution in [0.3, 0.4) is 0 Å². The standard InChI is InChI=1S/C23H27N3O/c1-16-7-5-8-17(13-16)20(14-22(27)26-18-9-3-2-4-10-18)21-15-25-23-19(21)11-6-12-24-23/h5-8,11-13,15,18,20H,2-4,9-10,14H2,1H3,(H,24,25)(H,26,27). The van der Waals surface area contributed by atoms with E-state index in [9.17, 15) is 4.79 Å². The van der Waals surface area contributed by atoms with Crippen LogP contribution < -0.4 is 5.32 Å². The predicted molar refractivity (Wildman–Crippen MR) is 109 cm³/mol. The molecule has 1 aliphatic carbocycles. The van der Waals surface area contributed by atoms with Gasteiger partial charge in [-0.2, -0.15) is 0 Å². The van der Waals surface area contributed by atoms with Gasteiger partial charge in [0.25, 0.3) is 0 Å². The molecule has 0 spiro atoms. The minimum Gasteiger partial charge on any atom is -0.353 e. The molecule has 0 radical (unpaired) electrons. The van der Waals surface area contributed by atoms with Gasteiger partial charge in [-0.15, -0.1) is 0 Å². The molecule has 0 bridgehead atoms. The molecule has 0 saturated heterocycles. The first-order chi connectivity index (χ1) is 13.2. The van der Waals surface area contributed by atoms with E-state index in [4.69, 9.17) is 0 Å². The van der Waals surface area contributed by atoms with E-state index in [1.807, 2.05) is 12.3 Å². The Kier molecular flexibility index (Phi) is 5.23. The first-order valence-corrected chi connectivity index (χ1v) is 9.98. The van der Waals surface area contributed by atoms with Gasteiger partial charge in [0.1, 0.15) is 5.65 Å². The summed E-state index contributed by atoms with van der Waals surface area (Å²) in [5.74, 6) is 0.165. The maximum Gasteiger partial charge on any atom is 0.221 e. The Morgan fingerprint density at radius 3 is 2.89 bits per heavy atom. The molecule has 4 nitrogen and oxygen atoms in total. The Bertz CT molecular complexity index is 924.